The van der Waals surface area contributed by atoms with Gasteiger partial charge in [0.15, 0.2) is 11.2 Å². The van der Waals surface area contributed by atoms with E-state index in [1.165, 1.54) is 10.8 Å². The number of ketones is 1. The highest BCUT2D eigenvalue weighted by Gasteiger charge is 2.39. The van der Waals surface area contributed by atoms with Gasteiger partial charge in [-0.1, -0.05) is 18.2 Å². The summed E-state index contributed by atoms with van der Waals surface area (Å²) in [4.78, 5) is 42.3. The Hall–Kier alpha value is -2.81. The third-order valence-electron chi connectivity index (χ3n) is 5.27. The molecule has 0 amide bonds. The third kappa shape index (κ3) is 5.14. The van der Waals surface area contributed by atoms with Gasteiger partial charge in [0.05, 0.1) is 32.8 Å². The minimum atomic E-state index is -3.82. The van der Waals surface area contributed by atoms with Crippen molar-refractivity contribution in [2.75, 3.05) is 26.4 Å². The molecule has 1 atom stereocenters. The molecule has 1 unspecified atom stereocenters. The summed E-state index contributed by atoms with van der Waals surface area (Å²) in [6.45, 7) is 7.26. The molecule has 34 heavy (non-hydrogen) atoms. The van der Waals surface area contributed by atoms with Crippen LogP contribution in [0.2, 0.25) is 0 Å². The number of aromatic nitrogens is 2. The number of nitrogens with zero attached hydrogens (tertiary/aromatic N) is 2. The van der Waals surface area contributed by atoms with Crippen molar-refractivity contribution in [1.29, 1.82) is 0 Å². The number of fused-ring (bicyclic) bond motifs is 1. The minimum Gasteiger partial charge on any atom is -0.466 e. The summed E-state index contributed by atoms with van der Waals surface area (Å²) in [6.07, 6.45) is 1.61. The molecule has 0 radical (unpaired) electrons. The summed E-state index contributed by atoms with van der Waals surface area (Å²) < 4.78 is 35.6. The van der Waals surface area contributed by atoms with Gasteiger partial charge in [0.2, 0.25) is 5.82 Å². The lowest BCUT2D eigenvalue weighted by Gasteiger charge is -2.14. The molecule has 0 bridgehead atoms. The summed E-state index contributed by atoms with van der Waals surface area (Å²) >= 11 is 0. The third-order valence-corrected chi connectivity index (χ3v) is 7.24. The van der Waals surface area contributed by atoms with Gasteiger partial charge >= 0.3 is 19.5 Å². The molecule has 10 nitrogen and oxygen atoms in total. The zero-order valence-electron chi connectivity index (χ0n) is 19.7. The number of hydrogen-bond donors (Lipinski definition) is 0. The molecule has 0 N–H and O–H groups in total. The Kier molecular flexibility index (Phi) is 8.41. The van der Waals surface area contributed by atoms with Crippen LogP contribution >= 0.6 is 7.60 Å². The summed E-state index contributed by atoms with van der Waals surface area (Å²) in [5.41, 5.74) is 1.76. The van der Waals surface area contributed by atoms with Crippen LogP contribution in [0.5, 0.6) is 0 Å². The molecule has 0 saturated heterocycles. The molecule has 1 aliphatic carbocycles. The maximum absolute atomic E-state index is 13.4. The van der Waals surface area contributed by atoms with Gasteiger partial charge in [0.1, 0.15) is 6.04 Å². The first-order valence-corrected chi connectivity index (χ1v) is 12.8. The molecule has 0 fully saturated rings. The van der Waals surface area contributed by atoms with E-state index >= 15 is 0 Å². The second kappa shape index (κ2) is 11.1. The molecule has 3 rings (SSSR count). The van der Waals surface area contributed by atoms with E-state index < -0.39 is 25.6 Å². The summed E-state index contributed by atoms with van der Waals surface area (Å²) in [5.74, 6) is -1.57. The number of carbonyl (C=O) groups excluding carboxylic acids is 3. The highest BCUT2D eigenvalue weighted by atomic mass is 31.2. The van der Waals surface area contributed by atoms with Crippen LogP contribution in [0.15, 0.2) is 24.4 Å². The Balaban J connectivity index is 2.05. The molecule has 2 aromatic rings. The Bertz CT molecular complexity index is 1120. The average molecular weight is 492 g/mol. The van der Waals surface area contributed by atoms with Crippen molar-refractivity contribution >= 4 is 30.8 Å². The first kappa shape index (κ1) is 25.8. The zero-order chi connectivity index (χ0) is 24.9. The highest BCUT2D eigenvalue weighted by Crippen LogP contribution is 2.47. The lowest BCUT2D eigenvalue weighted by Crippen LogP contribution is -2.21. The van der Waals surface area contributed by atoms with E-state index in [0.29, 0.717) is 16.7 Å². The molecular formula is C23H29N2O8P. The smallest absolute Gasteiger partial charge is 0.381 e. The molecule has 1 aromatic heterocycles. The second-order valence-corrected chi connectivity index (χ2v) is 9.36. The molecule has 1 heterocycles. The number of esters is 2. The van der Waals surface area contributed by atoms with E-state index in [0.717, 1.165) is 0 Å². The first-order chi connectivity index (χ1) is 16.3. The van der Waals surface area contributed by atoms with Crippen LogP contribution in [-0.4, -0.2) is 53.7 Å². The maximum atomic E-state index is 13.4. The summed E-state index contributed by atoms with van der Waals surface area (Å²) in [7, 11) is -3.82. The lowest BCUT2D eigenvalue weighted by atomic mass is 10.0. The Morgan fingerprint density at radius 3 is 2.35 bits per heavy atom. The van der Waals surface area contributed by atoms with Crippen molar-refractivity contribution < 1.29 is 37.5 Å². The average Bonchev–Trinajstić information content (AvgIpc) is 3.37. The van der Waals surface area contributed by atoms with Crippen LogP contribution in [0.3, 0.4) is 0 Å². The molecule has 1 aromatic carbocycles. The number of carbonyl (C=O) groups is 3. The topological polar surface area (TPSA) is 123 Å². The number of hydrogen-bond acceptors (Lipinski definition) is 9. The van der Waals surface area contributed by atoms with Crippen LogP contribution in [0, 0.1) is 0 Å². The molecule has 11 heteroatoms. The molecule has 0 aliphatic heterocycles. The zero-order valence-corrected chi connectivity index (χ0v) is 20.6. The van der Waals surface area contributed by atoms with Gasteiger partial charge in [0.25, 0.3) is 0 Å². The second-order valence-electron chi connectivity index (χ2n) is 7.39. The Labute approximate surface area is 198 Å². The van der Waals surface area contributed by atoms with Gasteiger partial charge in [0, 0.05) is 18.2 Å². The number of benzene rings is 1. The van der Waals surface area contributed by atoms with Gasteiger partial charge in [-0.3, -0.25) is 14.2 Å². The van der Waals surface area contributed by atoms with E-state index in [4.69, 9.17) is 18.5 Å². The predicted octanol–water partition coefficient (Wildman–Crippen LogP) is 3.04. The molecular weight excluding hydrogens is 463 g/mol. The van der Waals surface area contributed by atoms with Gasteiger partial charge in [-0.2, -0.15) is 0 Å². The number of imidazole rings is 1. The van der Waals surface area contributed by atoms with Crippen molar-refractivity contribution in [3.8, 4) is 0 Å². The van der Waals surface area contributed by atoms with E-state index in [9.17, 15) is 18.9 Å². The van der Waals surface area contributed by atoms with Crippen molar-refractivity contribution in [2.24, 2.45) is 0 Å². The van der Waals surface area contributed by atoms with Gasteiger partial charge < -0.3 is 23.1 Å². The quantitative estimate of drug-likeness (QED) is 0.344. The Morgan fingerprint density at radius 1 is 1.06 bits per heavy atom. The predicted molar refractivity (Wildman–Crippen MR) is 123 cm³/mol. The standard InChI is InChI=1S/C23H29N2O8P/c1-5-30-20(26)12-15-10-9-11-16-17(15)13-18(21(16)27)25-14-19(24-22(25)23(28)31-6-2)34(29,32-7-3)33-8-4/h9-11,14,18H,5-8,12-13H2,1-4H3. The fourth-order valence-corrected chi connectivity index (χ4v) is 5.44. The normalized spacial score (nSPS) is 15.3. The van der Waals surface area contributed by atoms with Crippen molar-refractivity contribution in [3.63, 3.8) is 0 Å². The lowest BCUT2D eigenvalue weighted by molar-refractivity contribution is -0.142. The molecule has 0 spiro atoms. The number of Topliss-reactive ketones (excluding diaryl/α,β-unsaturated/α-hetero) is 1. The molecule has 1 aliphatic rings. The van der Waals surface area contributed by atoms with Crippen molar-refractivity contribution in [2.45, 2.75) is 46.6 Å². The largest absolute Gasteiger partial charge is 0.466 e. The summed E-state index contributed by atoms with van der Waals surface area (Å²) in [5, 5.41) is 0. The van der Waals surface area contributed by atoms with Crippen LogP contribution < -0.4 is 5.44 Å². The SMILES string of the molecule is CCOC(=O)Cc1cccc2c1CC(n1cc(P(=O)(OCC)OCC)nc1C(=O)OCC)C2=O. The highest BCUT2D eigenvalue weighted by molar-refractivity contribution is 7.61. The Morgan fingerprint density at radius 2 is 1.74 bits per heavy atom. The number of ether oxygens (including phenoxy) is 2. The van der Waals surface area contributed by atoms with Crippen LogP contribution in [0.25, 0.3) is 0 Å². The fraction of sp³-hybridized carbons (Fsp3) is 0.478. The van der Waals surface area contributed by atoms with Crippen LogP contribution in [0.1, 0.15) is 65.8 Å². The van der Waals surface area contributed by atoms with Crippen molar-refractivity contribution in [1.82, 2.24) is 9.55 Å². The van der Waals surface area contributed by atoms with Crippen LogP contribution in [-0.2, 0) is 40.7 Å². The summed E-state index contributed by atoms with van der Waals surface area (Å²) in [6, 6.07) is 4.32. The van der Waals surface area contributed by atoms with Gasteiger partial charge in [-0.15, -0.1) is 0 Å². The minimum absolute atomic E-state index is 0.0286. The maximum Gasteiger partial charge on any atom is 0.381 e. The van der Waals surface area contributed by atoms with Crippen LogP contribution in [0.4, 0.5) is 0 Å². The monoisotopic (exact) mass is 492 g/mol. The van der Waals surface area contributed by atoms with Gasteiger partial charge in [-0.25, -0.2) is 9.78 Å². The van der Waals surface area contributed by atoms with E-state index in [-0.39, 0.29) is 56.3 Å². The molecule has 0 saturated carbocycles. The fourth-order valence-electron chi connectivity index (χ4n) is 3.94. The van der Waals surface area contributed by atoms with E-state index in [1.54, 1.807) is 45.9 Å². The molecule has 184 valence electrons. The van der Waals surface area contributed by atoms with Crippen molar-refractivity contribution in [3.05, 3.63) is 46.9 Å². The van der Waals surface area contributed by atoms with E-state index in [1.807, 2.05) is 0 Å². The van der Waals surface area contributed by atoms with Gasteiger partial charge in [-0.05, 0) is 38.8 Å². The first-order valence-electron chi connectivity index (χ1n) is 11.3. The number of rotatable bonds is 11. The van der Waals surface area contributed by atoms with E-state index in [2.05, 4.69) is 4.98 Å².